The molecule has 0 radical (unpaired) electrons. The van der Waals surface area contributed by atoms with E-state index in [0.717, 1.165) is 0 Å². The number of guanidine groups is 1. The molecule has 0 aromatic heterocycles. The van der Waals surface area contributed by atoms with E-state index in [1.807, 2.05) is 0 Å². The number of thiol groups is 1. The summed E-state index contributed by atoms with van der Waals surface area (Å²) in [5, 5.41) is 25.4. The van der Waals surface area contributed by atoms with Crippen LogP contribution in [0.5, 0.6) is 0 Å². The highest BCUT2D eigenvalue weighted by atomic mass is 32.1. The standard InChI is InChI=1S/C20H38N8O7S/c21-8-2-1-4-13(19(34)35)27-18(33)14(10-36)28-17(32)12(5-3-9-25-20(23)24)26-16(31)11(22)6-7-15(29)30/h11-14,36H,1-10,21-22H2,(H,26,31)(H,27,33)(H,28,32)(H,29,30)(H,34,35)(H4,23,24,25). The van der Waals surface area contributed by atoms with Crippen LogP contribution in [0, 0.1) is 0 Å². The monoisotopic (exact) mass is 534 g/mol. The summed E-state index contributed by atoms with van der Waals surface area (Å²) in [5.41, 5.74) is 21.7. The largest absolute Gasteiger partial charge is 0.481 e. The van der Waals surface area contributed by atoms with Gasteiger partial charge < -0.3 is 49.1 Å². The number of nitrogens with zero attached hydrogens (tertiary/aromatic N) is 1. The van der Waals surface area contributed by atoms with Crippen molar-refractivity contribution in [3.05, 3.63) is 0 Å². The van der Waals surface area contributed by atoms with Crippen LogP contribution in [0.3, 0.4) is 0 Å². The molecule has 3 amide bonds. The highest BCUT2D eigenvalue weighted by molar-refractivity contribution is 7.80. The van der Waals surface area contributed by atoms with Gasteiger partial charge in [0.25, 0.3) is 0 Å². The molecule has 0 fully saturated rings. The lowest BCUT2D eigenvalue weighted by Gasteiger charge is -2.24. The van der Waals surface area contributed by atoms with Crippen LogP contribution in [-0.2, 0) is 24.0 Å². The Balaban J connectivity index is 5.32. The zero-order chi connectivity index (χ0) is 27.7. The molecule has 36 heavy (non-hydrogen) atoms. The number of carboxylic acid groups (broad SMARTS) is 2. The number of carboxylic acids is 2. The first-order valence-corrected chi connectivity index (χ1v) is 12.0. The summed E-state index contributed by atoms with van der Waals surface area (Å²) < 4.78 is 0. The van der Waals surface area contributed by atoms with E-state index in [1.54, 1.807) is 0 Å². The first-order chi connectivity index (χ1) is 16.9. The number of unbranched alkanes of at least 4 members (excludes halogenated alkanes) is 1. The Bertz CT molecular complexity index is 779. The van der Waals surface area contributed by atoms with Crippen molar-refractivity contribution in [1.82, 2.24) is 16.0 Å². The molecular weight excluding hydrogens is 496 g/mol. The Kier molecular flexibility index (Phi) is 16.6. The van der Waals surface area contributed by atoms with Crippen molar-refractivity contribution in [2.75, 3.05) is 18.8 Å². The fourth-order valence-corrected chi connectivity index (χ4v) is 3.21. The summed E-state index contributed by atoms with van der Waals surface area (Å²) in [4.78, 5) is 63.9. The average Bonchev–Trinajstić information content (AvgIpc) is 2.81. The van der Waals surface area contributed by atoms with Crippen LogP contribution < -0.4 is 38.9 Å². The summed E-state index contributed by atoms with van der Waals surface area (Å²) in [5.74, 6) is -4.93. The number of hydrogen-bond acceptors (Lipinski definition) is 9. The van der Waals surface area contributed by atoms with Crippen molar-refractivity contribution < 1.29 is 34.2 Å². The molecule has 0 saturated carbocycles. The lowest BCUT2D eigenvalue weighted by atomic mass is 10.1. The molecule has 4 atom stereocenters. The van der Waals surface area contributed by atoms with E-state index >= 15 is 0 Å². The van der Waals surface area contributed by atoms with Gasteiger partial charge in [0.05, 0.1) is 6.04 Å². The molecule has 0 bridgehead atoms. The average molecular weight is 535 g/mol. The summed E-state index contributed by atoms with van der Waals surface area (Å²) in [6.45, 7) is 0.540. The Hall–Kier alpha value is -3.11. The Morgan fingerprint density at radius 2 is 1.36 bits per heavy atom. The zero-order valence-corrected chi connectivity index (χ0v) is 20.9. The number of hydrogen-bond donors (Lipinski definition) is 10. The van der Waals surface area contributed by atoms with E-state index in [9.17, 15) is 29.1 Å². The Labute approximate surface area is 214 Å². The van der Waals surface area contributed by atoms with E-state index in [0.29, 0.717) is 19.4 Å². The van der Waals surface area contributed by atoms with E-state index in [1.165, 1.54) is 0 Å². The predicted molar refractivity (Wildman–Crippen MR) is 135 cm³/mol. The molecule has 16 heteroatoms. The maximum absolute atomic E-state index is 12.9. The molecule has 0 rings (SSSR count). The number of rotatable bonds is 19. The molecule has 0 saturated heterocycles. The summed E-state index contributed by atoms with van der Waals surface area (Å²) in [6.07, 6.45) is 1.08. The van der Waals surface area contributed by atoms with Crippen LogP contribution in [0.2, 0.25) is 0 Å². The first-order valence-electron chi connectivity index (χ1n) is 11.4. The molecule has 0 aliphatic rings. The number of aliphatic carboxylic acids is 2. The molecule has 4 unspecified atom stereocenters. The molecular formula is C20H38N8O7S. The second-order valence-electron chi connectivity index (χ2n) is 7.98. The first kappa shape index (κ1) is 32.9. The highest BCUT2D eigenvalue weighted by Crippen LogP contribution is 2.05. The third kappa shape index (κ3) is 14.3. The van der Waals surface area contributed by atoms with Crippen LogP contribution in [0.1, 0.15) is 44.9 Å². The minimum Gasteiger partial charge on any atom is -0.481 e. The third-order valence-corrected chi connectivity index (χ3v) is 5.33. The van der Waals surface area contributed by atoms with Gasteiger partial charge in [-0.1, -0.05) is 0 Å². The lowest BCUT2D eigenvalue weighted by molar-refractivity contribution is -0.142. The number of carbonyl (C=O) groups excluding carboxylic acids is 3. The second-order valence-corrected chi connectivity index (χ2v) is 8.34. The van der Waals surface area contributed by atoms with Crippen molar-refractivity contribution in [2.24, 2.45) is 27.9 Å². The van der Waals surface area contributed by atoms with E-state index in [2.05, 4.69) is 33.6 Å². The van der Waals surface area contributed by atoms with Gasteiger partial charge in [-0.15, -0.1) is 0 Å². The molecule has 15 nitrogen and oxygen atoms in total. The van der Waals surface area contributed by atoms with E-state index in [-0.39, 0.29) is 50.4 Å². The minimum absolute atomic E-state index is 0.0672. The summed E-state index contributed by atoms with van der Waals surface area (Å²) in [6, 6.07) is -4.71. The maximum Gasteiger partial charge on any atom is 0.326 e. The Morgan fingerprint density at radius 3 is 1.89 bits per heavy atom. The van der Waals surface area contributed by atoms with Crippen molar-refractivity contribution in [3.63, 3.8) is 0 Å². The second kappa shape index (κ2) is 18.2. The number of aliphatic imine (C=N–C) groups is 1. The van der Waals surface area contributed by atoms with Gasteiger partial charge in [0, 0.05) is 18.7 Å². The van der Waals surface area contributed by atoms with Gasteiger partial charge in [-0.25, -0.2) is 4.79 Å². The van der Waals surface area contributed by atoms with Crippen molar-refractivity contribution >= 4 is 48.2 Å². The molecule has 0 aromatic rings. The fraction of sp³-hybridized carbons (Fsp3) is 0.700. The van der Waals surface area contributed by atoms with Crippen LogP contribution in [0.25, 0.3) is 0 Å². The van der Waals surface area contributed by atoms with Gasteiger partial charge in [0.2, 0.25) is 17.7 Å². The Morgan fingerprint density at radius 1 is 0.806 bits per heavy atom. The summed E-state index contributed by atoms with van der Waals surface area (Å²) in [7, 11) is 0. The summed E-state index contributed by atoms with van der Waals surface area (Å²) >= 11 is 4.07. The number of nitrogens with two attached hydrogens (primary N) is 4. The number of nitrogens with one attached hydrogen (secondary N) is 3. The van der Waals surface area contributed by atoms with Gasteiger partial charge in [0.1, 0.15) is 18.1 Å². The number of amides is 3. The van der Waals surface area contributed by atoms with Crippen LogP contribution >= 0.6 is 12.6 Å². The normalized spacial score (nSPS) is 14.0. The van der Waals surface area contributed by atoms with Gasteiger partial charge >= 0.3 is 11.9 Å². The van der Waals surface area contributed by atoms with Crippen LogP contribution in [-0.4, -0.2) is 88.8 Å². The molecule has 0 aromatic carbocycles. The maximum atomic E-state index is 12.9. The SMILES string of the molecule is NCCCCC(NC(=O)C(CS)NC(=O)C(CCCN=C(N)N)NC(=O)C(N)CCC(=O)O)C(=O)O. The van der Waals surface area contributed by atoms with Gasteiger partial charge in [-0.3, -0.25) is 24.2 Å². The predicted octanol–water partition coefficient (Wildman–Crippen LogP) is -3.17. The van der Waals surface area contributed by atoms with Gasteiger partial charge in [0.15, 0.2) is 5.96 Å². The van der Waals surface area contributed by atoms with E-state index in [4.69, 9.17) is 28.0 Å². The van der Waals surface area contributed by atoms with Crippen molar-refractivity contribution in [1.29, 1.82) is 0 Å². The van der Waals surface area contributed by atoms with E-state index < -0.39 is 53.8 Å². The fourth-order valence-electron chi connectivity index (χ4n) is 2.95. The lowest BCUT2D eigenvalue weighted by Crippen LogP contribution is -2.57. The smallest absolute Gasteiger partial charge is 0.326 e. The molecule has 0 aliphatic carbocycles. The molecule has 0 heterocycles. The van der Waals surface area contributed by atoms with Crippen LogP contribution in [0.4, 0.5) is 0 Å². The zero-order valence-electron chi connectivity index (χ0n) is 20.0. The quantitative estimate of drug-likeness (QED) is 0.0341. The van der Waals surface area contributed by atoms with Gasteiger partial charge in [-0.05, 0) is 45.1 Å². The van der Waals surface area contributed by atoms with Crippen LogP contribution in [0.15, 0.2) is 4.99 Å². The molecule has 0 aliphatic heterocycles. The molecule has 0 spiro atoms. The third-order valence-electron chi connectivity index (χ3n) is 4.96. The molecule has 206 valence electrons. The van der Waals surface area contributed by atoms with Gasteiger partial charge in [-0.2, -0.15) is 12.6 Å². The van der Waals surface area contributed by atoms with Crippen molar-refractivity contribution in [2.45, 2.75) is 69.1 Å². The molecule has 13 N–H and O–H groups in total. The van der Waals surface area contributed by atoms with Crippen molar-refractivity contribution in [3.8, 4) is 0 Å². The number of carbonyl (C=O) groups is 5. The minimum atomic E-state index is -1.23. The highest BCUT2D eigenvalue weighted by Gasteiger charge is 2.29. The topological polar surface area (TPSA) is 278 Å².